The molecule has 1 saturated heterocycles. The Balaban J connectivity index is 2.38. The van der Waals surface area contributed by atoms with Crippen LogP contribution in [0.3, 0.4) is 0 Å². The fourth-order valence-corrected chi connectivity index (χ4v) is 1.65. The van der Waals surface area contributed by atoms with Gasteiger partial charge in [-0.25, -0.2) is 0 Å². The molecule has 1 aliphatic rings. The molecule has 0 unspecified atom stereocenters. The van der Waals surface area contributed by atoms with E-state index in [9.17, 15) is 5.21 Å². The van der Waals surface area contributed by atoms with Gasteiger partial charge in [-0.1, -0.05) is 0 Å². The summed E-state index contributed by atoms with van der Waals surface area (Å²) in [6.07, 6.45) is 1.51. The molecule has 17 heavy (non-hydrogen) atoms. The monoisotopic (exact) mass is 231 g/mol. The number of hydrogen-bond acceptors (Lipinski definition) is 3. The number of quaternary nitrogens is 1. The highest BCUT2D eigenvalue weighted by Crippen LogP contribution is 2.39. The van der Waals surface area contributed by atoms with Crippen molar-refractivity contribution in [1.82, 2.24) is 0 Å². The number of rotatable bonds is 2. The summed E-state index contributed by atoms with van der Waals surface area (Å²) in [7, 11) is 0. The first kappa shape index (κ1) is 11.4. The lowest BCUT2D eigenvalue weighted by Gasteiger charge is -2.46. The molecule has 0 spiro atoms. The van der Waals surface area contributed by atoms with Crippen molar-refractivity contribution in [2.75, 3.05) is 0 Å². The van der Waals surface area contributed by atoms with Gasteiger partial charge in [-0.05, 0) is 38.4 Å². The third-order valence-corrected chi connectivity index (χ3v) is 2.72. The van der Waals surface area contributed by atoms with E-state index >= 15 is 0 Å². The average Bonchev–Trinajstić information content (AvgIpc) is 2.77. The minimum absolute atomic E-state index is 0.0616. The van der Waals surface area contributed by atoms with Gasteiger partial charge in [0.15, 0.2) is 28.7 Å². The zero-order valence-corrected chi connectivity index (χ0v) is 9.44. The maximum atomic E-state index is 12.7. The maximum Gasteiger partial charge on any atom is 0.181 e. The van der Waals surface area contributed by atoms with Gasteiger partial charge in [-0.15, -0.1) is 0 Å². The van der Waals surface area contributed by atoms with Crippen LogP contribution in [0, 0.1) is 5.21 Å². The Morgan fingerprint density at radius 1 is 1.12 bits per heavy atom. The fraction of sp³-hybridized carbons (Fsp3) is 0.0769. The SMILES string of the molecule is C=C1OC(=C)C(=C)[N+]([O-])(Cc2ccco2)C1=C. The van der Waals surface area contributed by atoms with E-state index in [0.29, 0.717) is 5.76 Å². The van der Waals surface area contributed by atoms with E-state index in [1.165, 1.54) is 6.26 Å². The normalized spacial score (nSPS) is 19.4. The highest BCUT2D eigenvalue weighted by atomic mass is 16.6. The van der Waals surface area contributed by atoms with Gasteiger partial charge in [0.2, 0.25) is 0 Å². The van der Waals surface area contributed by atoms with E-state index in [4.69, 9.17) is 9.15 Å². The molecule has 1 fully saturated rings. The lowest BCUT2D eigenvalue weighted by atomic mass is 10.2. The van der Waals surface area contributed by atoms with Crippen LogP contribution in [0.15, 0.2) is 72.0 Å². The smallest absolute Gasteiger partial charge is 0.181 e. The largest absolute Gasteiger partial charge is 0.621 e. The van der Waals surface area contributed by atoms with Crippen LogP contribution in [0.2, 0.25) is 0 Å². The van der Waals surface area contributed by atoms with E-state index in [-0.39, 0.29) is 29.5 Å². The second-order valence-corrected chi connectivity index (χ2v) is 3.82. The standard InChI is InChI=1S/C13H13NO3/c1-9-11(3)17-12(4)10(2)14(9,15)8-13-6-5-7-16-13/h5-7H,1-4,8H2. The van der Waals surface area contributed by atoms with Crippen LogP contribution >= 0.6 is 0 Å². The van der Waals surface area contributed by atoms with Crippen molar-refractivity contribution in [3.05, 3.63) is 78.6 Å². The van der Waals surface area contributed by atoms with Crippen LogP contribution < -0.4 is 0 Å². The lowest BCUT2D eigenvalue weighted by molar-refractivity contribution is -0.819. The molecule has 1 aliphatic heterocycles. The van der Waals surface area contributed by atoms with Crippen LogP contribution in [0.4, 0.5) is 0 Å². The number of hydrogen-bond donors (Lipinski definition) is 0. The van der Waals surface area contributed by atoms with Gasteiger partial charge in [0.1, 0.15) is 6.54 Å². The van der Waals surface area contributed by atoms with Crippen molar-refractivity contribution >= 4 is 0 Å². The Bertz CT molecular complexity index is 485. The van der Waals surface area contributed by atoms with Crippen molar-refractivity contribution in [2.24, 2.45) is 0 Å². The number of nitrogens with zero attached hydrogens (tertiary/aromatic N) is 1. The van der Waals surface area contributed by atoms with Gasteiger partial charge < -0.3 is 14.4 Å². The molecule has 1 aromatic heterocycles. The Hall–Kier alpha value is -2.04. The van der Waals surface area contributed by atoms with Crippen molar-refractivity contribution in [1.29, 1.82) is 0 Å². The molecule has 2 rings (SSSR count). The Morgan fingerprint density at radius 3 is 2.18 bits per heavy atom. The molecule has 0 bridgehead atoms. The second-order valence-electron chi connectivity index (χ2n) is 3.82. The van der Waals surface area contributed by atoms with Gasteiger partial charge in [0, 0.05) is 0 Å². The molecule has 2 heterocycles. The summed E-state index contributed by atoms with van der Waals surface area (Å²) in [6, 6.07) is 3.44. The molecule has 0 atom stereocenters. The highest BCUT2D eigenvalue weighted by Gasteiger charge is 2.37. The summed E-state index contributed by atoms with van der Waals surface area (Å²) in [5, 5.41) is 12.7. The summed E-state index contributed by atoms with van der Waals surface area (Å²) in [6.45, 7) is 14.7. The number of morpholine rings is 1. The number of furan rings is 1. The topological polar surface area (TPSA) is 45.4 Å². The summed E-state index contributed by atoms with van der Waals surface area (Å²) in [5.74, 6) is 0.970. The number of hydroxylamine groups is 3. The molecule has 0 aliphatic carbocycles. The molecule has 4 heteroatoms. The van der Waals surface area contributed by atoms with Crippen molar-refractivity contribution in [3.63, 3.8) is 0 Å². The van der Waals surface area contributed by atoms with Crippen molar-refractivity contribution < 1.29 is 13.8 Å². The first-order chi connectivity index (χ1) is 7.95. The molecule has 4 nitrogen and oxygen atoms in total. The van der Waals surface area contributed by atoms with Gasteiger partial charge in [-0.2, -0.15) is 0 Å². The predicted molar refractivity (Wildman–Crippen MR) is 63.7 cm³/mol. The van der Waals surface area contributed by atoms with Crippen LogP contribution in [0.5, 0.6) is 0 Å². The quantitative estimate of drug-likeness (QED) is 0.580. The van der Waals surface area contributed by atoms with Gasteiger partial charge in [0.05, 0.1) is 6.26 Å². The molecular formula is C13H13NO3. The minimum Gasteiger partial charge on any atom is -0.621 e. The predicted octanol–water partition coefficient (Wildman–Crippen LogP) is 3.18. The van der Waals surface area contributed by atoms with Crippen LogP contribution in [-0.4, -0.2) is 4.65 Å². The van der Waals surface area contributed by atoms with Crippen LogP contribution in [0.25, 0.3) is 0 Å². The Labute approximate surface area is 99.6 Å². The second kappa shape index (κ2) is 3.76. The molecule has 0 radical (unpaired) electrons. The maximum absolute atomic E-state index is 12.7. The fourth-order valence-electron chi connectivity index (χ4n) is 1.65. The molecule has 1 aromatic rings. The van der Waals surface area contributed by atoms with E-state index in [1.807, 2.05) is 0 Å². The number of ether oxygens (including phenoxy) is 1. The molecule has 0 saturated carbocycles. The summed E-state index contributed by atoms with van der Waals surface area (Å²) < 4.78 is 9.51. The Kier molecular flexibility index (Phi) is 2.53. The van der Waals surface area contributed by atoms with Gasteiger partial charge in [0.25, 0.3) is 0 Å². The third kappa shape index (κ3) is 1.73. The van der Waals surface area contributed by atoms with E-state index < -0.39 is 4.65 Å². The first-order valence-electron chi connectivity index (χ1n) is 5.02. The van der Waals surface area contributed by atoms with E-state index in [0.717, 1.165) is 0 Å². The minimum atomic E-state index is -0.856. The van der Waals surface area contributed by atoms with E-state index in [1.54, 1.807) is 12.1 Å². The van der Waals surface area contributed by atoms with Gasteiger partial charge in [-0.3, -0.25) is 4.65 Å². The molecule has 0 amide bonds. The molecule has 0 aromatic carbocycles. The van der Waals surface area contributed by atoms with Gasteiger partial charge >= 0.3 is 0 Å². The Morgan fingerprint density at radius 2 is 1.71 bits per heavy atom. The zero-order chi connectivity index (χ0) is 12.6. The summed E-state index contributed by atoms with van der Waals surface area (Å²) in [4.78, 5) is 0. The van der Waals surface area contributed by atoms with Crippen molar-refractivity contribution in [2.45, 2.75) is 6.54 Å². The van der Waals surface area contributed by atoms with Crippen molar-refractivity contribution in [3.8, 4) is 0 Å². The molecule has 88 valence electrons. The first-order valence-corrected chi connectivity index (χ1v) is 5.02. The molecular weight excluding hydrogens is 218 g/mol. The zero-order valence-electron chi connectivity index (χ0n) is 9.44. The summed E-state index contributed by atoms with van der Waals surface area (Å²) in [5.41, 5.74) is 0.414. The average molecular weight is 231 g/mol. The third-order valence-electron chi connectivity index (χ3n) is 2.72. The van der Waals surface area contributed by atoms with Crippen LogP contribution in [-0.2, 0) is 11.3 Å². The highest BCUT2D eigenvalue weighted by molar-refractivity contribution is 5.29. The lowest BCUT2D eigenvalue weighted by Crippen LogP contribution is -2.43. The van der Waals surface area contributed by atoms with Crippen LogP contribution in [0.1, 0.15) is 5.76 Å². The van der Waals surface area contributed by atoms with E-state index in [2.05, 4.69) is 26.3 Å². The molecule has 0 N–H and O–H groups in total. The summed E-state index contributed by atoms with van der Waals surface area (Å²) >= 11 is 0.